The van der Waals surface area contributed by atoms with Gasteiger partial charge in [-0.2, -0.15) is 0 Å². The molecule has 6 heteroatoms. The predicted molar refractivity (Wildman–Crippen MR) is 89.5 cm³/mol. The first-order valence-corrected chi connectivity index (χ1v) is 7.87. The van der Waals surface area contributed by atoms with E-state index < -0.39 is 0 Å². The maximum Gasteiger partial charge on any atom is 0.270 e. The van der Waals surface area contributed by atoms with Gasteiger partial charge in [-0.3, -0.25) is 14.4 Å². The van der Waals surface area contributed by atoms with Crippen LogP contribution in [0.1, 0.15) is 29.0 Å². The first-order valence-electron chi connectivity index (χ1n) is 7.87. The molecule has 0 saturated carbocycles. The number of hydrogen-bond donors (Lipinski definition) is 1. The van der Waals surface area contributed by atoms with E-state index in [0.29, 0.717) is 19.6 Å². The lowest BCUT2D eigenvalue weighted by Crippen LogP contribution is -2.52. The van der Waals surface area contributed by atoms with Gasteiger partial charge in [0.1, 0.15) is 5.69 Å². The molecule has 3 rings (SSSR count). The van der Waals surface area contributed by atoms with Gasteiger partial charge in [-0.1, -0.05) is 36.4 Å². The Morgan fingerprint density at radius 3 is 2.46 bits per heavy atom. The van der Waals surface area contributed by atoms with Crippen LogP contribution in [-0.2, 0) is 4.79 Å². The molecule has 1 aliphatic rings. The summed E-state index contributed by atoms with van der Waals surface area (Å²) in [6, 6.07) is 14.0. The summed E-state index contributed by atoms with van der Waals surface area (Å²) >= 11 is 0. The summed E-state index contributed by atoms with van der Waals surface area (Å²) < 4.78 is 0. The van der Waals surface area contributed by atoms with Crippen molar-refractivity contribution in [2.24, 2.45) is 0 Å². The molecule has 1 atom stereocenters. The second-order valence-electron chi connectivity index (χ2n) is 5.82. The molecule has 124 valence electrons. The molecule has 0 bridgehead atoms. The van der Waals surface area contributed by atoms with Gasteiger partial charge in [0.25, 0.3) is 5.91 Å². The van der Waals surface area contributed by atoms with Crippen LogP contribution in [0.5, 0.6) is 0 Å². The van der Waals surface area contributed by atoms with E-state index in [4.69, 9.17) is 0 Å². The maximum atomic E-state index is 12.7. The zero-order valence-electron chi connectivity index (χ0n) is 13.4. The van der Waals surface area contributed by atoms with Gasteiger partial charge in [0.05, 0.1) is 6.04 Å². The number of piperazine rings is 1. The van der Waals surface area contributed by atoms with Crippen molar-refractivity contribution in [1.29, 1.82) is 0 Å². The number of aromatic amines is 1. The van der Waals surface area contributed by atoms with Gasteiger partial charge >= 0.3 is 0 Å². The first-order chi connectivity index (χ1) is 11.6. The minimum absolute atomic E-state index is 0.0101. The summed E-state index contributed by atoms with van der Waals surface area (Å²) in [5.41, 5.74) is 0.958. The van der Waals surface area contributed by atoms with Crippen molar-refractivity contribution >= 4 is 11.8 Å². The van der Waals surface area contributed by atoms with E-state index >= 15 is 0 Å². The van der Waals surface area contributed by atoms with Gasteiger partial charge in [0, 0.05) is 32.6 Å². The monoisotopic (exact) mass is 325 g/mol. The lowest BCUT2D eigenvalue weighted by atomic mass is 10.0. The number of benzene rings is 1. The third-order valence-electron chi connectivity index (χ3n) is 4.26. The average molecular weight is 325 g/mol. The topological polar surface area (TPSA) is 73.5 Å². The van der Waals surface area contributed by atoms with Crippen LogP contribution in [0.25, 0.3) is 0 Å². The number of nitrogens with zero attached hydrogens (tertiary/aromatic N) is 2. The zero-order valence-corrected chi connectivity index (χ0v) is 13.4. The van der Waals surface area contributed by atoms with Crippen LogP contribution in [-0.4, -0.2) is 46.2 Å². The predicted octanol–water partition coefficient (Wildman–Crippen LogP) is 1.42. The summed E-state index contributed by atoms with van der Waals surface area (Å²) in [6.45, 7) is 2.86. The standard InChI is InChI=1S/C18H19N3O3/c1-13(22)21-11-10-20(12-16(21)14-6-3-2-4-7-14)18(24)15-8-5-9-17(23)19-15/h2-9,16H,10-12H2,1H3,(H,19,23)/t16-/m1/s1. The molecular weight excluding hydrogens is 306 g/mol. The van der Waals surface area contributed by atoms with Crippen molar-refractivity contribution in [3.05, 3.63) is 70.1 Å². The molecule has 0 aliphatic carbocycles. The van der Waals surface area contributed by atoms with Crippen molar-refractivity contribution in [3.8, 4) is 0 Å². The molecular formula is C18H19N3O3. The van der Waals surface area contributed by atoms with Crippen molar-refractivity contribution < 1.29 is 9.59 Å². The quantitative estimate of drug-likeness (QED) is 0.907. The van der Waals surface area contributed by atoms with Crippen LogP contribution in [0.3, 0.4) is 0 Å². The summed E-state index contributed by atoms with van der Waals surface area (Å²) in [6.07, 6.45) is 0. The molecule has 1 aromatic heterocycles. The zero-order chi connectivity index (χ0) is 17.1. The summed E-state index contributed by atoms with van der Waals surface area (Å²) in [7, 11) is 0. The lowest BCUT2D eigenvalue weighted by Gasteiger charge is -2.41. The highest BCUT2D eigenvalue weighted by atomic mass is 16.2. The number of amides is 2. The van der Waals surface area contributed by atoms with E-state index in [-0.39, 0.29) is 29.1 Å². The second kappa shape index (κ2) is 6.70. The van der Waals surface area contributed by atoms with E-state index in [1.165, 1.54) is 6.07 Å². The largest absolute Gasteiger partial charge is 0.333 e. The van der Waals surface area contributed by atoms with E-state index in [0.717, 1.165) is 5.56 Å². The molecule has 6 nitrogen and oxygen atoms in total. The van der Waals surface area contributed by atoms with Gasteiger partial charge < -0.3 is 14.8 Å². The third kappa shape index (κ3) is 3.22. The lowest BCUT2D eigenvalue weighted by molar-refractivity contribution is -0.133. The Morgan fingerprint density at radius 1 is 1.04 bits per heavy atom. The minimum atomic E-state index is -0.303. The fraction of sp³-hybridized carbons (Fsp3) is 0.278. The third-order valence-corrected chi connectivity index (χ3v) is 4.26. The Bertz CT molecular complexity index is 800. The summed E-state index contributed by atoms with van der Waals surface area (Å²) in [5, 5.41) is 0. The molecule has 0 spiro atoms. The van der Waals surface area contributed by atoms with Gasteiger partial charge in [0.2, 0.25) is 11.5 Å². The number of carbonyl (C=O) groups excluding carboxylic acids is 2. The Kier molecular flexibility index (Phi) is 4.46. The fourth-order valence-corrected chi connectivity index (χ4v) is 3.05. The maximum absolute atomic E-state index is 12.7. The van der Waals surface area contributed by atoms with Gasteiger partial charge in [-0.05, 0) is 11.6 Å². The molecule has 1 aromatic carbocycles. The fourth-order valence-electron chi connectivity index (χ4n) is 3.05. The molecule has 2 aromatic rings. The van der Waals surface area contributed by atoms with Crippen LogP contribution >= 0.6 is 0 Å². The van der Waals surface area contributed by atoms with Crippen molar-refractivity contribution in [2.75, 3.05) is 19.6 Å². The SMILES string of the molecule is CC(=O)N1CCN(C(=O)c2cccc(=O)[nH]2)C[C@@H]1c1ccccc1. The minimum Gasteiger partial charge on any atom is -0.333 e. The Balaban J connectivity index is 1.86. The number of hydrogen-bond acceptors (Lipinski definition) is 3. The van der Waals surface area contributed by atoms with Crippen molar-refractivity contribution in [2.45, 2.75) is 13.0 Å². The molecule has 24 heavy (non-hydrogen) atoms. The normalized spacial score (nSPS) is 17.6. The number of pyridine rings is 1. The van der Waals surface area contributed by atoms with E-state index in [1.807, 2.05) is 30.3 Å². The van der Waals surface area contributed by atoms with E-state index in [9.17, 15) is 14.4 Å². The number of H-pyrrole nitrogens is 1. The summed E-state index contributed by atoms with van der Waals surface area (Å²) in [4.78, 5) is 42.1. The van der Waals surface area contributed by atoms with Crippen LogP contribution in [0, 0.1) is 0 Å². The number of rotatable bonds is 2. The first kappa shape index (κ1) is 16.0. The molecule has 2 amide bonds. The Morgan fingerprint density at radius 2 is 1.79 bits per heavy atom. The Labute approximate surface area is 139 Å². The molecule has 1 fully saturated rings. The smallest absolute Gasteiger partial charge is 0.270 e. The second-order valence-corrected chi connectivity index (χ2v) is 5.82. The number of aromatic nitrogens is 1. The van der Waals surface area contributed by atoms with E-state index in [2.05, 4.69) is 4.98 Å². The van der Waals surface area contributed by atoms with Crippen LogP contribution in [0.4, 0.5) is 0 Å². The molecule has 1 N–H and O–H groups in total. The van der Waals surface area contributed by atoms with E-state index in [1.54, 1.807) is 28.9 Å². The highest BCUT2D eigenvalue weighted by Crippen LogP contribution is 2.26. The van der Waals surface area contributed by atoms with Crippen molar-refractivity contribution in [1.82, 2.24) is 14.8 Å². The number of nitrogens with one attached hydrogen (secondary N) is 1. The molecule has 2 heterocycles. The Hall–Kier alpha value is -2.89. The average Bonchev–Trinajstić information content (AvgIpc) is 2.61. The van der Waals surface area contributed by atoms with Crippen LogP contribution < -0.4 is 5.56 Å². The van der Waals surface area contributed by atoms with Gasteiger partial charge in [0.15, 0.2) is 0 Å². The van der Waals surface area contributed by atoms with Crippen LogP contribution in [0.15, 0.2) is 53.3 Å². The summed E-state index contributed by atoms with van der Waals surface area (Å²) in [5.74, 6) is -0.235. The molecule has 0 unspecified atom stereocenters. The van der Waals surface area contributed by atoms with Gasteiger partial charge in [-0.15, -0.1) is 0 Å². The number of carbonyl (C=O) groups is 2. The van der Waals surface area contributed by atoms with Gasteiger partial charge in [-0.25, -0.2) is 0 Å². The molecule has 1 aliphatic heterocycles. The highest BCUT2D eigenvalue weighted by Gasteiger charge is 2.32. The molecule has 0 radical (unpaired) electrons. The van der Waals surface area contributed by atoms with Crippen LogP contribution in [0.2, 0.25) is 0 Å². The molecule has 1 saturated heterocycles. The highest BCUT2D eigenvalue weighted by molar-refractivity contribution is 5.92. The van der Waals surface area contributed by atoms with Crippen molar-refractivity contribution in [3.63, 3.8) is 0 Å².